The van der Waals surface area contributed by atoms with Crippen molar-refractivity contribution in [2.75, 3.05) is 36.9 Å². The van der Waals surface area contributed by atoms with Gasteiger partial charge in [0.15, 0.2) is 0 Å². The summed E-state index contributed by atoms with van der Waals surface area (Å²) in [6.45, 7) is 2.81. The number of aromatic nitrogens is 3. The summed E-state index contributed by atoms with van der Waals surface area (Å²) in [6, 6.07) is 0. The predicted molar refractivity (Wildman–Crippen MR) is 62.8 cm³/mol. The van der Waals surface area contributed by atoms with Crippen LogP contribution in [0, 0.1) is 0 Å². The lowest BCUT2D eigenvalue weighted by molar-refractivity contribution is 0.122. The minimum atomic E-state index is 0.212. The highest BCUT2D eigenvalue weighted by molar-refractivity contribution is 7.80. The van der Waals surface area contributed by atoms with Crippen LogP contribution in [-0.4, -0.2) is 46.2 Å². The highest BCUT2D eigenvalue weighted by Crippen LogP contribution is 2.12. The van der Waals surface area contributed by atoms with Gasteiger partial charge in [0, 0.05) is 13.1 Å². The molecule has 0 spiro atoms. The Morgan fingerprint density at radius 3 is 2.75 bits per heavy atom. The first kappa shape index (κ1) is 11.0. The number of morpholine rings is 1. The van der Waals surface area contributed by atoms with Crippen LogP contribution in [0.1, 0.15) is 0 Å². The van der Waals surface area contributed by atoms with Crippen molar-refractivity contribution in [1.29, 1.82) is 0 Å². The molecular weight excluding hydrogens is 230 g/mol. The number of rotatable bonds is 1. The van der Waals surface area contributed by atoms with Crippen LogP contribution in [0.4, 0.5) is 11.9 Å². The van der Waals surface area contributed by atoms with E-state index in [-0.39, 0.29) is 11.1 Å². The largest absolute Gasteiger partial charge is 0.378 e. The van der Waals surface area contributed by atoms with Gasteiger partial charge in [-0.15, -0.1) is 5.10 Å². The Bertz CT molecular complexity index is 386. The fourth-order valence-electron chi connectivity index (χ4n) is 1.42. The second kappa shape index (κ2) is 4.60. The lowest BCUT2D eigenvalue weighted by Gasteiger charge is -2.25. The van der Waals surface area contributed by atoms with Crippen LogP contribution in [0.15, 0.2) is 0 Å². The van der Waals surface area contributed by atoms with Crippen LogP contribution >= 0.6 is 12.2 Å². The van der Waals surface area contributed by atoms with E-state index in [2.05, 4.69) is 15.5 Å². The van der Waals surface area contributed by atoms with Crippen molar-refractivity contribution in [3.05, 3.63) is 0 Å². The first-order valence-corrected chi connectivity index (χ1v) is 5.19. The zero-order valence-electron chi connectivity index (χ0n) is 8.59. The van der Waals surface area contributed by atoms with E-state index in [9.17, 15) is 0 Å². The summed E-state index contributed by atoms with van der Waals surface area (Å²) in [5.41, 5.74) is 7.98. The summed E-state index contributed by atoms with van der Waals surface area (Å²) < 4.78 is 6.53. The molecule has 0 aromatic carbocycles. The van der Waals surface area contributed by atoms with E-state index in [1.165, 1.54) is 4.68 Å². The van der Waals surface area contributed by atoms with Gasteiger partial charge in [-0.3, -0.25) is 5.43 Å². The van der Waals surface area contributed by atoms with Gasteiger partial charge < -0.3 is 15.4 Å². The van der Waals surface area contributed by atoms with Crippen LogP contribution in [0.2, 0.25) is 0 Å². The third kappa shape index (κ3) is 2.05. The van der Waals surface area contributed by atoms with E-state index < -0.39 is 0 Å². The molecule has 1 saturated heterocycles. The molecule has 0 amide bonds. The van der Waals surface area contributed by atoms with Gasteiger partial charge in [0.05, 0.1) is 13.2 Å². The summed E-state index contributed by atoms with van der Waals surface area (Å²) in [4.78, 5) is 6.10. The van der Waals surface area contributed by atoms with E-state index in [1.54, 1.807) is 0 Å². The average molecular weight is 243 g/mol. The zero-order valence-corrected chi connectivity index (χ0v) is 9.40. The summed E-state index contributed by atoms with van der Waals surface area (Å²) in [5, 5.41) is 4.38. The van der Waals surface area contributed by atoms with Crippen molar-refractivity contribution in [3.63, 3.8) is 0 Å². The molecule has 8 nitrogen and oxygen atoms in total. The van der Waals surface area contributed by atoms with Gasteiger partial charge in [-0.25, -0.2) is 5.84 Å². The van der Waals surface area contributed by atoms with Gasteiger partial charge in [-0.2, -0.15) is 9.67 Å². The Kier molecular flexibility index (Phi) is 3.17. The molecule has 0 atom stereocenters. The predicted octanol–water partition coefficient (Wildman–Crippen LogP) is -1.71. The summed E-state index contributed by atoms with van der Waals surface area (Å²) in [5.74, 6) is 5.94. The van der Waals surface area contributed by atoms with Crippen LogP contribution < -0.4 is 21.9 Å². The van der Waals surface area contributed by atoms with Gasteiger partial charge in [-0.05, 0) is 12.2 Å². The SMILES string of the molecule is NNC(=S)n1nc(N2CCOCC2)nc1N. The van der Waals surface area contributed by atoms with E-state index in [1.807, 2.05) is 4.90 Å². The molecule has 0 aliphatic carbocycles. The van der Waals surface area contributed by atoms with E-state index >= 15 is 0 Å². The molecule has 0 unspecified atom stereocenters. The Morgan fingerprint density at radius 1 is 1.44 bits per heavy atom. The monoisotopic (exact) mass is 243 g/mol. The van der Waals surface area contributed by atoms with Gasteiger partial charge in [-0.1, -0.05) is 0 Å². The maximum absolute atomic E-state index is 5.67. The van der Waals surface area contributed by atoms with Gasteiger partial charge in [0.1, 0.15) is 0 Å². The highest BCUT2D eigenvalue weighted by atomic mass is 32.1. The van der Waals surface area contributed by atoms with Crippen molar-refractivity contribution in [3.8, 4) is 0 Å². The van der Waals surface area contributed by atoms with Crippen molar-refractivity contribution >= 4 is 29.2 Å². The first-order valence-electron chi connectivity index (χ1n) is 4.78. The van der Waals surface area contributed by atoms with Gasteiger partial charge in [0.2, 0.25) is 17.0 Å². The van der Waals surface area contributed by atoms with Crippen molar-refractivity contribution < 1.29 is 4.74 Å². The maximum atomic E-state index is 5.67. The number of hydrazine groups is 1. The number of nitrogens with one attached hydrogen (secondary N) is 1. The second-order valence-corrected chi connectivity index (χ2v) is 3.62. The Labute approximate surface area is 97.5 Å². The molecule has 2 heterocycles. The number of thiocarbonyl (C=S) groups is 1. The number of nitrogens with two attached hydrogens (primary N) is 2. The molecule has 1 aliphatic heterocycles. The molecule has 1 aliphatic rings. The fourth-order valence-corrected chi connectivity index (χ4v) is 1.56. The molecule has 16 heavy (non-hydrogen) atoms. The first-order chi connectivity index (χ1) is 7.72. The second-order valence-electron chi connectivity index (χ2n) is 3.23. The van der Waals surface area contributed by atoms with Crippen LogP contribution in [0.5, 0.6) is 0 Å². The molecule has 0 saturated carbocycles. The van der Waals surface area contributed by atoms with Crippen LogP contribution in [-0.2, 0) is 4.74 Å². The number of anilines is 2. The van der Waals surface area contributed by atoms with Crippen LogP contribution in [0.3, 0.4) is 0 Å². The molecule has 1 fully saturated rings. The molecular formula is C7H13N7OS. The highest BCUT2D eigenvalue weighted by Gasteiger charge is 2.18. The van der Waals surface area contributed by atoms with E-state index in [4.69, 9.17) is 28.5 Å². The zero-order chi connectivity index (χ0) is 11.5. The smallest absolute Gasteiger partial charge is 0.247 e. The normalized spacial score (nSPS) is 16.2. The minimum absolute atomic E-state index is 0.212. The van der Waals surface area contributed by atoms with Crippen molar-refractivity contribution in [2.24, 2.45) is 5.84 Å². The summed E-state index contributed by atoms with van der Waals surface area (Å²) in [7, 11) is 0. The quantitative estimate of drug-likeness (QED) is 0.304. The average Bonchev–Trinajstić information content (AvgIpc) is 2.71. The standard InChI is InChI=1S/C7H13N7OS/c8-5-10-6(12-14(5)7(16)11-9)13-1-3-15-4-2-13/h1-4,9H2,(H,11,16)(H2,8,10,12). The third-order valence-electron chi connectivity index (χ3n) is 2.23. The number of hydrogen-bond donors (Lipinski definition) is 3. The Hall–Kier alpha value is -1.45. The molecule has 2 rings (SSSR count). The molecule has 1 aromatic heterocycles. The Morgan fingerprint density at radius 2 is 2.12 bits per heavy atom. The van der Waals surface area contributed by atoms with E-state index in [0.29, 0.717) is 19.2 Å². The number of nitrogen functional groups attached to an aromatic ring is 1. The number of hydrogen-bond acceptors (Lipinski definition) is 7. The van der Waals surface area contributed by atoms with Crippen LogP contribution in [0.25, 0.3) is 0 Å². The van der Waals surface area contributed by atoms with Gasteiger partial charge >= 0.3 is 0 Å². The van der Waals surface area contributed by atoms with Gasteiger partial charge in [0.25, 0.3) is 0 Å². The van der Waals surface area contributed by atoms with E-state index in [0.717, 1.165) is 13.1 Å². The molecule has 9 heteroatoms. The maximum Gasteiger partial charge on any atom is 0.247 e. The molecule has 88 valence electrons. The van der Waals surface area contributed by atoms with Crippen molar-refractivity contribution in [1.82, 2.24) is 20.2 Å². The summed E-state index contributed by atoms with van der Waals surface area (Å²) in [6.07, 6.45) is 0. The molecule has 0 radical (unpaired) electrons. The third-order valence-corrected chi connectivity index (χ3v) is 2.52. The number of nitrogens with zero attached hydrogens (tertiary/aromatic N) is 4. The molecule has 1 aromatic rings. The molecule has 0 bridgehead atoms. The minimum Gasteiger partial charge on any atom is -0.378 e. The topological polar surface area (TPSA) is 107 Å². The Balaban J connectivity index is 2.19. The lowest BCUT2D eigenvalue weighted by atomic mass is 10.4. The van der Waals surface area contributed by atoms with Crippen molar-refractivity contribution in [2.45, 2.75) is 0 Å². The fraction of sp³-hybridized carbons (Fsp3) is 0.571. The number of ether oxygens (including phenoxy) is 1. The summed E-state index contributed by atoms with van der Waals surface area (Å²) >= 11 is 4.93. The lowest BCUT2D eigenvalue weighted by Crippen LogP contribution is -2.38. The molecule has 5 N–H and O–H groups in total.